The highest BCUT2D eigenvalue weighted by atomic mass is 16.5. The molecule has 0 saturated heterocycles. The summed E-state index contributed by atoms with van der Waals surface area (Å²) in [5, 5.41) is 3.32. The van der Waals surface area contributed by atoms with E-state index in [2.05, 4.69) is 15.9 Å². The number of ether oxygens (including phenoxy) is 1. The molecule has 43 valence electrons. The first-order valence-electron chi connectivity index (χ1n) is 2.38. The Hall–Kier alpha value is -0.990. The minimum Gasteiger partial charge on any atom is -0.488 e. The lowest BCUT2D eigenvalue weighted by molar-refractivity contribution is 0.333. The second-order valence-corrected chi connectivity index (χ2v) is 1.22. The lowest BCUT2D eigenvalue weighted by Crippen LogP contribution is -1.88. The summed E-state index contributed by atoms with van der Waals surface area (Å²) in [4.78, 5) is 0. The van der Waals surface area contributed by atoms with Gasteiger partial charge < -0.3 is 9.26 Å². The van der Waals surface area contributed by atoms with Gasteiger partial charge in [-0.15, -0.1) is 0 Å². The molecule has 0 unspecified atom stereocenters. The molecule has 0 N–H and O–H groups in total. The Morgan fingerprint density at radius 1 is 2.00 bits per heavy atom. The van der Waals surface area contributed by atoms with Crippen LogP contribution in [0.5, 0.6) is 5.75 Å². The Balaban J connectivity index is 2.50. The van der Waals surface area contributed by atoms with E-state index in [-0.39, 0.29) is 0 Å². The van der Waals surface area contributed by atoms with Gasteiger partial charge in [0.25, 0.3) is 0 Å². The van der Waals surface area contributed by atoms with Crippen molar-refractivity contribution in [3.63, 3.8) is 0 Å². The minimum absolute atomic E-state index is 0.563. The molecule has 0 aliphatic heterocycles. The summed E-state index contributed by atoms with van der Waals surface area (Å²) in [5.74, 6) is 0.563. The predicted molar refractivity (Wildman–Crippen MR) is 26.5 cm³/mol. The summed E-state index contributed by atoms with van der Waals surface area (Å²) in [7, 11) is 0. The maximum Gasteiger partial charge on any atom is 0.188 e. The molecule has 1 rings (SSSR count). The Bertz CT molecular complexity index is 136. The molecule has 0 atom stereocenters. The molecule has 0 spiro atoms. The summed E-state index contributed by atoms with van der Waals surface area (Å²) in [5.41, 5.74) is 0. The average molecular weight is 112 g/mol. The number of nitrogens with zero attached hydrogens (tertiary/aromatic N) is 1. The summed E-state index contributed by atoms with van der Waals surface area (Å²) >= 11 is 0. The van der Waals surface area contributed by atoms with Gasteiger partial charge in [0, 0.05) is 0 Å². The lowest BCUT2D eigenvalue weighted by Gasteiger charge is -1.91. The predicted octanol–water partition coefficient (Wildman–Crippen LogP) is 0.873. The van der Waals surface area contributed by atoms with Gasteiger partial charge in [-0.1, -0.05) is 5.16 Å². The molecule has 1 heterocycles. The van der Waals surface area contributed by atoms with E-state index >= 15 is 0 Å². The standard InChI is InChI=1S/C5H6NO2/c1-2-7-5-3-6-8-4-5/h4H,2H2,1H3. The van der Waals surface area contributed by atoms with E-state index in [4.69, 9.17) is 4.74 Å². The van der Waals surface area contributed by atoms with Crippen LogP contribution in [0.1, 0.15) is 6.92 Å². The van der Waals surface area contributed by atoms with Crippen molar-refractivity contribution in [1.82, 2.24) is 5.16 Å². The van der Waals surface area contributed by atoms with Crippen LogP contribution >= 0.6 is 0 Å². The fraction of sp³-hybridized carbons (Fsp3) is 0.400. The van der Waals surface area contributed by atoms with Crippen LogP contribution in [0.25, 0.3) is 0 Å². The van der Waals surface area contributed by atoms with Gasteiger partial charge in [0.2, 0.25) is 0 Å². The van der Waals surface area contributed by atoms with Gasteiger partial charge in [-0.3, -0.25) is 0 Å². The Kier molecular flexibility index (Phi) is 1.51. The summed E-state index contributed by atoms with van der Waals surface area (Å²) in [6.45, 7) is 2.51. The zero-order chi connectivity index (χ0) is 5.82. The van der Waals surface area contributed by atoms with Gasteiger partial charge in [-0.25, -0.2) is 0 Å². The summed E-state index contributed by atoms with van der Waals surface area (Å²) in [6.07, 6.45) is 3.91. The van der Waals surface area contributed by atoms with E-state index < -0.39 is 0 Å². The number of rotatable bonds is 2. The first-order valence-corrected chi connectivity index (χ1v) is 2.38. The van der Waals surface area contributed by atoms with Gasteiger partial charge in [-0.05, 0) is 6.92 Å². The molecular weight excluding hydrogens is 106 g/mol. The third-order valence-electron chi connectivity index (χ3n) is 0.668. The zero-order valence-electron chi connectivity index (χ0n) is 4.55. The molecule has 0 aromatic carbocycles. The molecule has 1 aromatic heterocycles. The van der Waals surface area contributed by atoms with Crippen LogP contribution in [-0.2, 0) is 0 Å². The fourth-order valence-corrected chi connectivity index (χ4v) is 0.394. The van der Waals surface area contributed by atoms with Crippen molar-refractivity contribution in [3.05, 3.63) is 12.5 Å². The minimum atomic E-state index is 0.563. The normalized spacial score (nSPS) is 9.12. The van der Waals surface area contributed by atoms with Gasteiger partial charge in [0.15, 0.2) is 18.2 Å². The fourth-order valence-electron chi connectivity index (χ4n) is 0.394. The molecule has 0 bridgehead atoms. The Morgan fingerprint density at radius 2 is 2.88 bits per heavy atom. The van der Waals surface area contributed by atoms with Crippen LogP contribution in [0, 0.1) is 6.20 Å². The molecule has 0 aliphatic carbocycles. The van der Waals surface area contributed by atoms with Crippen molar-refractivity contribution < 1.29 is 9.26 Å². The molecule has 0 saturated carbocycles. The molecule has 1 aromatic rings. The largest absolute Gasteiger partial charge is 0.488 e. The number of hydrogen-bond donors (Lipinski definition) is 0. The SMILES string of the molecule is CCOc1[c]noc1. The monoisotopic (exact) mass is 112 g/mol. The smallest absolute Gasteiger partial charge is 0.188 e. The molecular formula is C5H6NO2. The molecule has 0 fully saturated rings. The third-order valence-corrected chi connectivity index (χ3v) is 0.668. The van der Waals surface area contributed by atoms with E-state index in [1.807, 2.05) is 6.92 Å². The average Bonchev–Trinajstić information content (AvgIpc) is 2.19. The highest BCUT2D eigenvalue weighted by molar-refractivity contribution is 5.05. The maximum atomic E-state index is 4.93. The summed E-state index contributed by atoms with van der Waals surface area (Å²) in [6, 6.07) is 0. The van der Waals surface area contributed by atoms with Crippen molar-refractivity contribution >= 4 is 0 Å². The van der Waals surface area contributed by atoms with Crippen molar-refractivity contribution in [1.29, 1.82) is 0 Å². The van der Waals surface area contributed by atoms with Crippen LogP contribution in [0.2, 0.25) is 0 Å². The van der Waals surface area contributed by atoms with Crippen LogP contribution in [-0.4, -0.2) is 11.8 Å². The van der Waals surface area contributed by atoms with Crippen LogP contribution in [0.3, 0.4) is 0 Å². The molecule has 0 aliphatic rings. The van der Waals surface area contributed by atoms with Crippen LogP contribution < -0.4 is 4.74 Å². The van der Waals surface area contributed by atoms with Crippen molar-refractivity contribution in [2.45, 2.75) is 6.92 Å². The van der Waals surface area contributed by atoms with Crippen molar-refractivity contribution in [3.8, 4) is 5.75 Å². The van der Waals surface area contributed by atoms with Gasteiger partial charge in [-0.2, -0.15) is 0 Å². The molecule has 3 heteroatoms. The van der Waals surface area contributed by atoms with E-state index in [0.29, 0.717) is 12.4 Å². The topological polar surface area (TPSA) is 35.3 Å². The number of aromatic nitrogens is 1. The molecule has 8 heavy (non-hydrogen) atoms. The maximum absolute atomic E-state index is 4.93. The Labute approximate surface area is 47.2 Å². The van der Waals surface area contributed by atoms with E-state index in [1.165, 1.54) is 6.26 Å². The summed E-state index contributed by atoms with van der Waals surface area (Å²) < 4.78 is 9.37. The van der Waals surface area contributed by atoms with Gasteiger partial charge in [0.05, 0.1) is 6.61 Å². The first kappa shape index (κ1) is 5.15. The van der Waals surface area contributed by atoms with E-state index in [9.17, 15) is 0 Å². The van der Waals surface area contributed by atoms with E-state index in [1.54, 1.807) is 0 Å². The second-order valence-electron chi connectivity index (χ2n) is 1.22. The molecule has 1 radical (unpaired) electrons. The number of hydrogen-bond acceptors (Lipinski definition) is 3. The highest BCUT2D eigenvalue weighted by Gasteiger charge is 1.91. The first-order chi connectivity index (χ1) is 3.93. The van der Waals surface area contributed by atoms with Crippen molar-refractivity contribution in [2.24, 2.45) is 0 Å². The second kappa shape index (κ2) is 2.35. The highest BCUT2D eigenvalue weighted by Crippen LogP contribution is 2.04. The van der Waals surface area contributed by atoms with Gasteiger partial charge in [0.1, 0.15) is 0 Å². The lowest BCUT2D eigenvalue weighted by atomic mass is 10.7. The third kappa shape index (κ3) is 0.992. The van der Waals surface area contributed by atoms with E-state index in [0.717, 1.165) is 0 Å². The van der Waals surface area contributed by atoms with Crippen LogP contribution in [0.15, 0.2) is 10.8 Å². The van der Waals surface area contributed by atoms with Gasteiger partial charge >= 0.3 is 0 Å². The van der Waals surface area contributed by atoms with Crippen molar-refractivity contribution in [2.75, 3.05) is 6.61 Å². The zero-order valence-corrected chi connectivity index (χ0v) is 4.55. The van der Waals surface area contributed by atoms with Crippen LogP contribution in [0.4, 0.5) is 0 Å². The Morgan fingerprint density at radius 3 is 3.38 bits per heavy atom. The molecule has 3 nitrogen and oxygen atoms in total. The quantitative estimate of drug-likeness (QED) is 0.569. The molecule has 0 amide bonds.